The molecule has 0 spiro atoms. The lowest BCUT2D eigenvalue weighted by molar-refractivity contribution is -0.122. The lowest BCUT2D eigenvalue weighted by Crippen LogP contribution is -2.26. The van der Waals surface area contributed by atoms with E-state index in [9.17, 15) is 4.79 Å². The van der Waals surface area contributed by atoms with E-state index in [1.807, 2.05) is 28.8 Å². The van der Waals surface area contributed by atoms with E-state index < -0.39 is 0 Å². The first kappa shape index (κ1) is 14.9. The van der Waals surface area contributed by atoms with Crippen molar-refractivity contribution in [2.45, 2.75) is 37.8 Å². The van der Waals surface area contributed by atoms with Crippen molar-refractivity contribution >= 4 is 29.7 Å². The number of carbonyl (C=O) groups is 1. The smallest absolute Gasteiger partial charge is 0.224 e. The quantitative estimate of drug-likeness (QED) is 0.814. The van der Waals surface area contributed by atoms with Gasteiger partial charge in [0.25, 0.3) is 0 Å². The van der Waals surface area contributed by atoms with Crippen molar-refractivity contribution in [3.05, 3.63) is 45.4 Å². The lowest BCUT2D eigenvalue weighted by atomic mass is 10.1. The van der Waals surface area contributed by atoms with Gasteiger partial charge in [-0.2, -0.15) is 5.10 Å². The first-order valence-electron chi connectivity index (χ1n) is 7.83. The van der Waals surface area contributed by atoms with E-state index >= 15 is 0 Å². The van der Waals surface area contributed by atoms with Gasteiger partial charge in [-0.05, 0) is 49.0 Å². The van der Waals surface area contributed by atoms with Crippen LogP contribution in [0.5, 0.6) is 0 Å². The average Bonchev–Trinajstić information content (AvgIpc) is 3.45. The third-order valence-corrected chi connectivity index (χ3v) is 5.17. The number of benzene rings is 1. The predicted octanol–water partition coefficient (Wildman–Crippen LogP) is 3.35. The summed E-state index contributed by atoms with van der Waals surface area (Å²) in [5.41, 5.74) is 1.06. The Morgan fingerprint density at radius 2 is 2.22 bits per heavy atom. The summed E-state index contributed by atoms with van der Waals surface area (Å²) in [6, 6.07) is 8.19. The lowest BCUT2D eigenvalue weighted by Gasteiger charge is -2.07. The molecule has 4 rings (SSSR count). The molecule has 0 aliphatic heterocycles. The number of hydrogen-bond acceptors (Lipinski definition) is 3. The first-order valence-corrected chi connectivity index (χ1v) is 8.61. The van der Waals surface area contributed by atoms with Gasteiger partial charge in [-0.15, -0.1) is 0 Å². The normalized spacial score (nSPS) is 22.8. The summed E-state index contributed by atoms with van der Waals surface area (Å²) in [5.74, 6) is 1.10. The van der Waals surface area contributed by atoms with E-state index in [0.29, 0.717) is 17.4 Å². The number of H-pyrrole nitrogens is 1. The van der Waals surface area contributed by atoms with Crippen LogP contribution in [0, 0.1) is 10.7 Å². The van der Waals surface area contributed by atoms with Gasteiger partial charge >= 0.3 is 0 Å². The summed E-state index contributed by atoms with van der Waals surface area (Å²) in [6.45, 7) is 0.411. The maximum absolute atomic E-state index is 12.3. The number of nitrogens with one attached hydrogen (secondary N) is 2. The van der Waals surface area contributed by atoms with E-state index in [1.54, 1.807) is 0 Å². The second-order valence-electron chi connectivity index (χ2n) is 6.23. The van der Waals surface area contributed by atoms with Gasteiger partial charge in [0.2, 0.25) is 5.91 Å². The van der Waals surface area contributed by atoms with Gasteiger partial charge in [0.05, 0.1) is 6.54 Å². The Labute approximate surface area is 144 Å². The van der Waals surface area contributed by atoms with Crippen LogP contribution < -0.4 is 5.32 Å². The molecule has 120 valence electrons. The van der Waals surface area contributed by atoms with Gasteiger partial charge in [-0.25, -0.2) is 0 Å². The van der Waals surface area contributed by atoms with Crippen LogP contribution in [-0.4, -0.2) is 20.7 Å². The minimum atomic E-state index is 0.00573. The maximum atomic E-state index is 12.3. The average molecular weight is 349 g/mol. The van der Waals surface area contributed by atoms with E-state index in [0.717, 1.165) is 35.7 Å². The molecule has 0 bridgehead atoms. The second kappa shape index (κ2) is 5.76. The summed E-state index contributed by atoms with van der Waals surface area (Å²) in [7, 11) is 0. The Morgan fingerprint density at radius 3 is 2.96 bits per heavy atom. The van der Waals surface area contributed by atoms with Crippen molar-refractivity contribution in [1.29, 1.82) is 0 Å². The zero-order valence-electron chi connectivity index (χ0n) is 12.5. The molecule has 1 aromatic carbocycles. The number of rotatable bonds is 5. The zero-order chi connectivity index (χ0) is 16.0. The fraction of sp³-hybridized carbons (Fsp3) is 0.438. The van der Waals surface area contributed by atoms with Gasteiger partial charge in [-0.1, -0.05) is 29.8 Å². The molecule has 0 saturated heterocycles. The van der Waals surface area contributed by atoms with E-state index in [-0.39, 0.29) is 17.7 Å². The predicted molar refractivity (Wildman–Crippen MR) is 89.8 cm³/mol. The van der Waals surface area contributed by atoms with Crippen molar-refractivity contribution in [2.24, 2.45) is 5.92 Å². The Balaban J connectivity index is 1.39. The topological polar surface area (TPSA) is 62.7 Å². The summed E-state index contributed by atoms with van der Waals surface area (Å²) in [5, 5.41) is 10.8. The maximum Gasteiger partial charge on any atom is 0.224 e. The third kappa shape index (κ3) is 2.93. The largest absolute Gasteiger partial charge is 0.349 e. The first-order chi connectivity index (χ1) is 11.1. The van der Waals surface area contributed by atoms with Crippen LogP contribution in [-0.2, 0) is 11.3 Å². The van der Waals surface area contributed by atoms with Crippen molar-refractivity contribution < 1.29 is 4.79 Å². The molecule has 1 aromatic heterocycles. The van der Waals surface area contributed by atoms with Crippen LogP contribution in [0.3, 0.4) is 0 Å². The van der Waals surface area contributed by atoms with E-state index in [2.05, 4.69) is 15.5 Å². The highest BCUT2D eigenvalue weighted by Gasteiger charge is 2.44. The van der Waals surface area contributed by atoms with Crippen LogP contribution in [0.1, 0.15) is 42.6 Å². The Kier molecular flexibility index (Phi) is 3.73. The zero-order valence-corrected chi connectivity index (χ0v) is 14.0. The standard InChI is InChI=1S/C16H17ClN4OS/c17-13-4-2-1-3-10(13)11-7-12(11)15(22)18-8-14-19-20-16(23)21(14)9-5-6-9/h1-4,9,11-12H,5-8H2,(H,18,22)(H,20,23)/t11-,12+/m1/s1. The van der Waals surface area contributed by atoms with Gasteiger partial charge in [0.15, 0.2) is 10.6 Å². The molecule has 2 saturated carbocycles. The van der Waals surface area contributed by atoms with Gasteiger partial charge < -0.3 is 5.32 Å². The monoisotopic (exact) mass is 348 g/mol. The summed E-state index contributed by atoms with van der Waals surface area (Å²) >= 11 is 11.5. The van der Waals surface area contributed by atoms with Crippen molar-refractivity contribution in [2.75, 3.05) is 0 Å². The van der Waals surface area contributed by atoms with E-state index in [1.165, 1.54) is 0 Å². The van der Waals surface area contributed by atoms with E-state index in [4.69, 9.17) is 23.8 Å². The molecular weight excluding hydrogens is 332 g/mol. The van der Waals surface area contributed by atoms with Gasteiger partial charge in [-0.3, -0.25) is 14.5 Å². The molecular formula is C16H17ClN4OS. The Hall–Kier alpha value is -1.66. The molecule has 0 unspecified atom stereocenters. The number of hydrogen-bond donors (Lipinski definition) is 2. The molecule has 5 nitrogen and oxygen atoms in total. The van der Waals surface area contributed by atoms with Gasteiger partial charge in [0, 0.05) is 17.0 Å². The van der Waals surface area contributed by atoms with Crippen molar-refractivity contribution in [1.82, 2.24) is 20.1 Å². The van der Waals surface area contributed by atoms with Crippen molar-refractivity contribution in [3.8, 4) is 0 Å². The molecule has 2 aliphatic rings. The highest BCUT2D eigenvalue weighted by Crippen LogP contribution is 2.49. The molecule has 2 aromatic rings. The minimum absolute atomic E-state index is 0.00573. The molecule has 7 heteroatoms. The molecule has 0 radical (unpaired) electrons. The molecule has 2 N–H and O–H groups in total. The number of carbonyl (C=O) groups excluding carboxylic acids is 1. The molecule has 2 aliphatic carbocycles. The van der Waals surface area contributed by atoms with Crippen LogP contribution in [0.2, 0.25) is 5.02 Å². The second-order valence-corrected chi connectivity index (χ2v) is 7.03. The number of aromatic amines is 1. The molecule has 2 fully saturated rings. The van der Waals surface area contributed by atoms with Crippen molar-refractivity contribution in [3.63, 3.8) is 0 Å². The number of halogens is 1. The van der Waals surface area contributed by atoms with Crippen LogP contribution >= 0.6 is 23.8 Å². The van der Waals surface area contributed by atoms with Crippen LogP contribution in [0.4, 0.5) is 0 Å². The summed E-state index contributed by atoms with van der Waals surface area (Å²) in [4.78, 5) is 12.3. The third-order valence-electron chi connectivity index (χ3n) is 4.54. The molecule has 1 heterocycles. The fourth-order valence-electron chi connectivity index (χ4n) is 3.07. The number of aromatic nitrogens is 3. The van der Waals surface area contributed by atoms with Crippen LogP contribution in [0.15, 0.2) is 24.3 Å². The highest BCUT2D eigenvalue weighted by atomic mass is 35.5. The number of amides is 1. The highest BCUT2D eigenvalue weighted by molar-refractivity contribution is 7.71. The minimum Gasteiger partial charge on any atom is -0.349 e. The molecule has 2 atom stereocenters. The molecule has 23 heavy (non-hydrogen) atoms. The number of nitrogens with zero attached hydrogens (tertiary/aromatic N) is 2. The molecule has 1 amide bonds. The summed E-state index contributed by atoms with van der Waals surface area (Å²) < 4.78 is 2.66. The van der Waals surface area contributed by atoms with Crippen LogP contribution in [0.25, 0.3) is 0 Å². The summed E-state index contributed by atoms with van der Waals surface area (Å²) in [6.07, 6.45) is 3.11. The Bertz CT molecular complexity index is 810. The Morgan fingerprint density at radius 1 is 1.43 bits per heavy atom. The van der Waals surface area contributed by atoms with Gasteiger partial charge in [0.1, 0.15) is 0 Å². The fourth-order valence-corrected chi connectivity index (χ4v) is 3.65. The SMILES string of the molecule is O=C(NCc1n[nH]c(=S)n1C1CC1)[C@H]1C[C@@H]1c1ccccc1Cl.